The minimum atomic E-state index is -0.635. The van der Waals surface area contributed by atoms with Gasteiger partial charge in [-0.25, -0.2) is 9.37 Å². The van der Waals surface area contributed by atoms with Crippen LogP contribution in [-0.4, -0.2) is 21.7 Å². The first-order chi connectivity index (χ1) is 10.2. The molecular weight excluding hydrogens is 293 g/mol. The van der Waals surface area contributed by atoms with Crippen molar-refractivity contribution in [2.45, 2.75) is 13.5 Å². The highest BCUT2D eigenvalue weighted by Crippen LogP contribution is 2.14. The number of aromatic nitrogens is 2. The predicted octanol–water partition coefficient (Wildman–Crippen LogP) is 2.93. The van der Waals surface area contributed by atoms with Crippen LogP contribution in [0.4, 0.5) is 10.2 Å². The first kappa shape index (κ1) is 15.1. The molecule has 5 nitrogen and oxygen atoms in total. The van der Waals surface area contributed by atoms with E-state index < -0.39 is 5.82 Å². The second-order valence-corrected chi connectivity index (χ2v) is 4.34. The molecule has 0 aliphatic heterocycles. The summed E-state index contributed by atoms with van der Waals surface area (Å²) in [5.74, 6) is -0.712. The summed E-state index contributed by atoms with van der Waals surface area (Å²) in [5.41, 5.74) is 0.963. The summed E-state index contributed by atoms with van der Waals surface area (Å²) in [6.45, 7) is 2.45. The van der Waals surface area contributed by atoms with Crippen molar-refractivity contribution in [1.29, 1.82) is 0 Å². The molecule has 0 bridgehead atoms. The van der Waals surface area contributed by atoms with Crippen LogP contribution in [0.25, 0.3) is 0 Å². The molecule has 0 aliphatic carbocycles. The Hall–Kier alpha value is -2.28. The molecule has 0 saturated heterocycles. The molecular formula is C14H14FN3O2S. The Morgan fingerprint density at radius 3 is 2.81 bits per heavy atom. The molecule has 0 spiro atoms. The van der Waals surface area contributed by atoms with Crippen molar-refractivity contribution < 1.29 is 13.9 Å². The molecule has 0 atom stereocenters. The van der Waals surface area contributed by atoms with Crippen molar-refractivity contribution in [2.75, 3.05) is 11.9 Å². The summed E-state index contributed by atoms with van der Waals surface area (Å²) in [6, 6.07) is 9.59. The number of hydrogen-bond donors (Lipinski definition) is 1. The third-order valence-corrected chi connectivity index (χ3v) is 2.65. The van der Waals surface area contributed by atoms with Crippen LogP contribution in [0, 0.1) is 5.82 Å². The Balaban J connectivity index is 2.02. The van der Waals surface area contributed by atoms with Gasteiger partial charge in [0.15, 0.2) is 11.6 Å². The fourth-order valence-corrected chi connectivity index (χ4v) is 1.71. The van der Waals surface area contributed by atoms with E-state index in [0.29, 0.717) is 13.2 Å². The standard InChI is InChI=1S/C14H14FN3O2S/c1-2-19-14(21)18-12-11(15)8-16-13(17-12)20-9-10-6-4-3-5-7-10/h3-8H,2,9H2,1H3,(H,16,17,18,21). The minimum Gasteiger partial charge on any atom is -0.471 e. The Bertz CT molecular complexity index is 610. The quantitative estimate of drug-likeness (QED) is 0.857. The van der Waals surface area contributed by atoms with Gasteiger partial charge in [0.1, 0.15) is 6.61 Å². The molecule has 2 aromatic rings. The number of nitrogens with zero attached hydrogens (tertiary/aromatic N) is 2. The molecule has 2 rings (SSSR count). The van der Waals surface area contributed by atoms with Crippen LogP contribution >= 0.6 is 12.2 Å². The number of anilines is 1. The number of halogens is 1. The SMILES string of the molecule is CCOC(=S)Nc1nc(OCc2ccccc2)ncc1F. The molecule has 110 valence electrons. The highest BCUT2D eigenvalue weighted by Gasteiger charge is 2.10. The zero-order valence-corrected chi connectivity index (χ0v) is 12.2. The molecule has 1 aromatic heterocycles. The zero-order valence-electron chi connectivity index (χ0n) is 11.4. The van der Waals surface area contributed by atoms with Crippen LogP contribution in [0.5, 0.6) is 6.01 Å². The molecule has 1 aromatic carbocycles. The second-order valence-electron chi connectivity index (χ2n) is 3.97. The van der Waals surface area contributed by atoms with Gasteiger partial charge < -0.3 is 9.47 Å². The van der Waals surface area contributed by atoms with Gasteiger partial charge in [-0.2, -0.15) is 4.98 Å². The average molecular weight is 307 g/mol. The van der Waals surface area contributed by atoms with Crippen molar-refractivity contribution in [3.8, 4) is 6.01 Å². The summed E-state index contributed by atoms with van der Waals surface area (Å²) in [5, 5.41) is 2.60. The topological polar surface area (TPSA) is 56.3 Å². The van der Waals surface area contributed by atoms with Crippen LogP contribution in [0.2, 0.25) is 0 Å². The Morgan fingerprint density at radius 2 is 2.10 bits per heavy atom. The van der Waals surface area contributed by atoms with E-state index in [1.54, 1.807) is 6.92 Å². The average Bonchev–Trinajstić information content (AvgIpc) is 2.49. The van der Waals surface area contributed by atoms with Gasteiger partial charge in [0.25, 0.3) is 5.17 Å². The van der Waals surface area contributed by atoms with E-state index in [9.17, 15) is 4.39 Å². The number of benzene rings is 1. The summed E-state index contributed by atoms with van der Waals surface area (Å²) in [7, 11) is 0. The van der Waals surface area contributed by atoms with Crippen molar-refractivity contribution in [3.05, 3.63) is 47.9 Å². The molecule has 0 saturated carbocycles. The molecule has 21 heavy (non-hydrogen) atoms. The lowest BCUT2D eigenvalue weighted by molar-refractivity contribution is 0.280. The first-order valence-corrected chi connectivity index (χ1v) is 6.73. The fourth-order valence-electron chi connectivity index (χ4n) is 1.49. The number of rotatable bonds is 5. The Kier molecular flexibility index (Phi) is 5.39. The van der Waals surface area contributed by atoms with E-state index in [1.807, 2.05) is 30.3 Å². The summed E-state index contributed by atoms with van der Waals surface area (Å²) in [6.07, 6.45) is 1.02. The van der Waals surface area contributed by atoms with Gasteiger partial charge in [-0.05, 0) is 24.7 Å². The third kappa shape index (κ3) is 4.64. The van der Waals surface area contributed by atoms with Crippen LogP contribution < -0.4 is 10.1 Å². The van der Waals surface area contributed by atoms with Gasteiger partial charge in [-0.1, -0.05) is 30.3 Å². The van der Waals surface area contributed by atoms with Gasteiger partial charge in [0.05, 0.1) is 12.8 Å². The lowest BCUT2D eigenvalue weighted by Crippen LogP contribution is -2.15. The van der Waals surface area contributed by atoms with Crippen molar-refractivity contribution in [2.24, 2.45) is 0 Å². The van der Waals surface area contributed by atoms with Crippen molar-refractivity contribution in [3.63, 3.8) is 0 Å². The number of hydrogen-bond acceptors (Lipinski definition) is 5. The molecule has 0 fully saturated rings. The van der Waals surface area contributed by atoms with E-state index in [1.165, 1.54) is 0 Å². The van der Waals surface area contributed by atoms with Crippen LogP contribution in [0.15, 0.2) is 36.5 Å². The Morgan fingerprint density at radius 1 is 1.33 bits per heavy atom. The summed E-state index contributed by atoms with van der Waals surface area (Å²) >= 11 is 4.88. The molecule has 1 N–H and O–H groups in total. The van der Waals surface area contributed by atoms with Crippen LogP contribution in [-0.2, 0) is 11.3 Å². The highest BCUT2D eigenvalue weighted by molar-refractivity contribution is 7.80. The zero-order chi connectivity index (χ0) is 15.1. The maximum atomic E-state index is 13.6. The lowest BCUT2D eigenvalue weighted by Gasteiger charge is -2.09. The lowest BCUT2D eigenvalue weighted by atomic mass is 10.2. The normalized spacial score (nSPS) is 10.0. The number of ether oxygens (including phenoxy) is 2. The minimum absolute atomic E-state index is 0.0455. The first-order valence-electron chi connectivity index (χ1n) is 6.32. The molecule has 7 heteroatoms. The van der Waals surface area contributed by atoms with E-state index in [0.717, 1.165) is 11.8 Å². The van der Waals surface area contributed by atoms with Crippen LogP contribution in [0.1, 0.15) is 12.5 Å². The van der Waals surface area contributed by atoms with Crippen LogP contribution in [0.3, 0.4) is 0 Å². The van der Waals surface area contributed by atoms with E-state index in [2.05, 4.69) is 15.3 Å². The molecule has 0 amide bonds. The molecule has 0 radical (unpaired) electrons. The second kappa shape index (κ2) is 7.49. The van der Waals surface area contributed by atoms with E-state index in [4.69, 9.17) is 21.7 Å². The largest absolute Gasteiger partial charge is 0.471 e. The predicted molar refractivity (Wildman–Crippen MR) is 80.6 cm³/mol. The van der Waals surface area contributed by atoms with Gasteiger partial charge in [0, 0.05) is 0 Å². The van der Waals surface area contributed by atoms with Gasteiger partial charge in [-0.15, -0.1) is 0 Å². The molecule has 0 aliphatic rings. The van der Waals surface area contributed by atoms with Gasteiger partial charge >= 0.3 is 6.01 Å². The number of thiocarbonyl (C=S) groups is 1. The molecule has 1 heterocycles. The summed E-state index contributed by atoms with van der Waals surface area (Å²) < 4.78 is 24.0. The van der Waals surface area contributed by atoms with Crippen molar-refractivity contribution in [1.82, 2.24) is 9.97 Å². The van der Waals surface area contributed by atoms with Crippen molar-refractivity contribution >= 4 is 23.2 Å². The third-order valence-electron chi connectivity index (χ3n) is 2.43. The van der Waals surface area contributed by atoms with E-state index >= 15 is 0 Å². The van der Waals surface area contributed by atoms with Gasteiger partial charge in [0.2, 0.25) is 0 Å². The number of nitrogens with one attached hydrogen (secondary N) is 1. The summed E-state index contributed by atoms with van der Waals surface area (Å²) in [4.78, 5) is 7.70. The monoisotopic (exact) mass is 307 g/mol. The fraction of sp³-hybridized carbons (Fsp3) is 0.214. The molecule has 0 unspecified atom stereocenters. The smallest absolute Gasteiger partial charge is 0.318 e. The maximum Gasteiger partial charge on any atom is 0.318 e. The Labute approximate surface area is 127 Å². The van der Waals surface area contributed by atoms with E-state index in [-0.39, 0.29) is 17.0 Å². The maximum absolute atomic E-state index is 13.6. The van der Waals surface area contributed by atoms with Gasteiger partial charge in [-0.3, -0.25) is 5.32 Å². The highest BCUT2D eigenvalue weighted by atomic mass is 32.1.